The third-order valence-corrected chi connectivity index (χ3v) is 2.78. The van der Waals surface area contributed by atoms with Gasteiger partial charge >= 0.3 is 0 Å². The Bertz CT molecular complexity index is 668. The van der Waals surface area contributed by atoms with Crippen molar-refractivity contribution in [2.45, 2.75) is 13.3 Å². The topological polar surface area (TPSA) is 68.7 Å². The van der Waals surface area contributed by atoms with Crippen LogP contribution in [0, 0.1) is 11.3 Å². The Labute approximate surface area is 111 Å². The fraction of sp³-hybridized carbons (Fsp3) is 0.200. The maximum absolute atomic E-state index is 11.6. The molecule has 0 aliphatic heterocycles. The minimum absolute atomic E-state index is 0.129. The molecule has 0 bridgehead atoms. The molecule has 0 amide bonds. The summed E-state index contributed by atoms with van der Waals surface area (Å²) in [5, 5.41) is 12.0. The molecule has 0 unspecified atom stereocenters. The summed E-state index contributed by atoms with van der Waals surface area (Å²) in [4.78, 5) is 14.3. The van der Waals surface area contributed by atoms with Gasteiger partial charge in [-0.1, -0.05) is 19.1 Å². The van der Waals surface area contributed by atoms with Gasteiger partial charge in [-0.3, -0.25) is 4.79 Å². The Morgan fingerprint density at radius 1 is 1.32 bits per heavy atom. The molecule has 4 nitrogen and oxygen atoms in total. The van der Waals surface area contributed by atoms with Crippen molar-refractivity contribution < 1.29 is 0 Å². The van der Waals surface area contributed by atoms with E-state index in [2.05, 4.69) is 17.2 Å². The monoisotopic (exact) mass is 253 g/mol. The standard InChI is InChI=1S/C15H15N3O/c1-2-8-17-13-5-3-4-11(9-13)14-7-6-12(10-16)15(19)18-14/h3-7,9,17H,2,8H2,1H3,(H,18,19). The second-order valence-electron chi connectivity index (χ2n) is 4.23. The van der Waals surface area contributed by atoms with Crippen molar-refractivity contribution in [1.29, 1.82) is 5.26 Å². The van der Waals surface area contributed by atoms with Gasteiger partial charge in [0.25, 0.3) is 5.56 Å². The van der Waals surface area contributed by atoms with Gasteiger partial charge in [0.05, 0.1) is 0 Å². The lowest BCUT2D eigenvalue weighted by Gasteiger charge is -2.07. The van der Waals surface area contributed by atoms with Crippen LogP contribution < -0.4 is 10.9 Å². The molecule has 19 heavy (non-hydrogen) atoms. The molecule has 0 spiro atoms. The maximum atomic E-state index is 11.6. The zero-order chi connectivity index (χ0) is 13.7. The summed E-state index contributed by atoms with van der Waals surface area (Å²) in [6.07, 6.45) is 1.05. The number of hydrogen-bond donors (Lipinski definition) is 2. The van der Waals surface area contributed by atoms with Crippen LogP contribution >= 0.6 is 0 Å². The summed E-state index contributed by atoms with van der Waals surface area (Å²) >= 11 is 0. The normalized spacial score (nSPS) is 9.89. The van der Waals surface area contributed by atoms with Crippen molar-refractivity contribution in [1.82, 2.24) is 4.98 Å². The molecule has 0 aliphatic carbocycles. The van der Waals surface area contributed by atoms with Gasteiger partial charge in [0.1, 0.15) is 11.6 Å². The molecule has 1 aromatic carbocycles. The van der Waals surface area contributed by atoms with Gasteiger partial charge < -0.3 is 10.3 Å². The summed E-state index contributed by atoms with van der Waals surface area (Å²) < 4.78 is 0. The van der Waals surface area contributed by atoms with Gasteiger partial charge in [-0.25, -0.2) is 0 Å². The maximum Gasteiger partial charge on any atom is 0.266 e. The van der Waals surface area contributed by atoms with Crippen LogP contribution in [0.1, 0.15) is 18.9 Å². The van der Waals surface area contributed by atoms with Gasteiger partial charge in [-0.15, -0.1) is 0 Å². The zero-order valence-corrected chi connectivity index (χ0v) is 10.7. The zero-order valence-electron chi connectivity index (χ0n) is 10.7. The van der Waals surface area contributed by atoms with Crippen molar-refractivity contribution in [3.63, 3.8) is 0 Å². The second-order valence-corrected chi connectivity index (χ2v) is 4.23. The van der Waals surface area contributed by atoms with E-state index in [-0.39, 0.29) is 11.1 Å². The highest BCUT2D eigenvalue weighted by Crippen LogP contribution is 2.20. The lowest BCUT2D eigenvalue weighted by atomic mass is 10.1. The summed E-state index contributed by atoms with van der Waals surface area (Å²) in [5.41, 5.74) is 2.42. The summed E-state index contributed by atoms with van der Waals surface area (Å²) in [6.45, 7) is 3.02. The van der Waals surface area contributed by atoms with Crippen LogP contribution in [-0.4, -0.2) is 11.5 Å². The number of nitriles is 1. The van der Waals surface area contributed by atoms with Crippen LogP contribution in [-0.2, 0) is 0 Å². The van der Waals surface area contributed by atoms with E-state index in [1.54, 1.807) is 12.1 Å². The average molecular weight is 253 g/mol. The molecule has 4 heteroatoms. The van der Waals surface area contributed by atoms with E-state index in [0.717, 1.165) is 24.2 Å². The van der Waals surface area contributed by atoms with Gasteiger partial charge in [-0.05, 0) is 30.7 Å². The number of anilines is 1. The molecule has 0 saturated heterocycles. The first kappa shape index (κ1) is 12.9. The van der Waals surface area contributed by atoms with E-state index in [1.165, 1.54) is 0 Å². The number of nitrogens with zero attached hydrogens (tertiary/aromatic N) is 1. The number of H-pyrrole nitrogens is 1. The van der Waals surface area contributed by atoms with Crippen molar-refractivity contribution in [3.05, 3.63) is 52.3 Å². The molecule has 2 rings (SSSR count). The van der Waals surface area contributed by atoms with Crippen LogP contribution in [0.5, 0.6) is 0 Å². The fourth-order valence-electron chi connectivity index (χ4n) is 1.80. The van der Waals surface area contributed by atoms with E-state index >= 15 is 0 Å². The first-order chi connectivity index (χ1) is 9.24. The van der Waals surface area contributed by atoms with Gasteiger partial charge in [0.15, 0.2) is 0 Å². The largest absolute Gasteiger partial charge is 0.385 e. The van der Waals surface area contributed by atoms with Crippen LogP contribution in [0.2, 0.25) is 0 Å². The molecule has 96 valence electrons. The molecule has 0 radical (unpaired) electrons. The molecule has 0 aliphatic rings. The van der Waals surface area contributed by atoms with Gasteiger partial charge in [0, 0.05) is 23.5 Å². The van der Waals surface area contributed by atoms with Gasteiger partial charge in [0.2, 0.25) is 0 Å². The van der Waals surface area contributed by atoms with Crippen LogP contribution in [0.3, 0.4) is 0 Å². The van der Waals surface area contributed by atoms with Gasteiger partial charge in [-0.2, -0.15) is 5.26 Å². The van der Waals surface area contributed by atoms with E-state index in [1.807, 2.05) is 30.3 Å². The van der Waals surface area contributed by atoms with Crippen molar-refractivity contribution in [3.8, 4) is 17.3 Å². The van der Waals surface area contributed by atoms with Crippen LogP contribution in [0.15, 0.2) is 41.2 Å². The predicted octanol–water partition coefficient (Wildman–Crippen LogP) is 2.74. The number of aromatic amines is 1. The number of pyridine rings is 1. The second kappa shape index (κ2) is 5.87. The number of aromatic nitrogens is 1. The number of nitrogens with one attached hydrogen (secondary N) is 2. The Hall–Kier alpha value is -2.54. The van der Waals surface area contributed by atoms with Crippen LogP contribution in [0.25, 0.3) is 11.3 Å². The third-order valence-electron chi connectivity index (χ3n) is 2.78. The lowest BCUT2D eigenvalue weighted by molar-refractivity contribution is 0.980. The molecule has 0 saturated carbocycles. The minimum Gasteiger partial charge on any atom is -0.385 e. The number of rotatable bonds is 4. The number of hydrogen-bond acceptors (Lipinski definition) is 3. The molecule has 1 heterocycles. The molecular weight excluding hydrogens is 238 g/mol. The van der Waals surface area contributed by atoms with E-state index in [0.29, 0.717) is 5.69 Å². The highest BCUT2D eigenvalue weighted by Gasteiger charge is 2.03. The molecule has 1 aromatic heterocycles. The summed E-state index contributed by atoms with van der Waals surface area (Å²) in [6, 6.07) is 13.0. The van der Waals surface area contributed by atoms with Crippen molar-refractivity contribution in [2.75, 3.05) is 11.9 Å². The Morgan fingerprint density at radius 2 is 2.16 bits per heavy atom. The molecule has 0 atom stereocenters. The molecule has 2 N–H and O–H groups in total. The van der Waals surface area contributed by atoms with Crippen LogP contribution in [0.4, 0.5) is 5.69 Å². The van der Waals surface area contributed by atoms with E-state index in [4.69, 9.17) is 5.26 Å². The first-order valence-corrected chi connectivity index (χ1v) is 6.22. The highest BCUT2D eigenvalue weighted by atomic mass is 16.1. The number of benzene rings is 1. The molecular formula is C15H15N3O. The third kappa shape index (κ3) is 3.02. The lowest BCUT2D eigenvalue weighted by Crippen LogP contribution is -2.10. The summed E-state index contributed by atoms with van der Waals surface area (Å²) in [5.74, 6) is 0. The average Bonchev–Trinajstić information content (AvgIpc) is 2.45. The smallest absolute Gasteiger partial charge is 0.266 e. The van der Waals surface area contributed by atoms with E-state index < -0.39 is 0 Å². The predicted molar refractivity (Wildman–Crippen MR) is 76.0 cm³/mol. The first-order valence-electron chi connectivity index (χ1n) is 6.22. The fourth-order valence-corrected chi connectivity index (χ4v) is 1.80. The Morgan fingerprint density at radius 3 is 2.84 bits per heavy atom. The van der Waals surface area contributed by atoms with Crippen molar-refractivity contribution in [2.24, 2.45) is 0 Å². The SMILES string of the molecule is CCCNc1cccc(-c2ccc(C#N)c(=O)[nH]2)c1. The summed E-state index contributed by atoms with van der Waals surface area (Å²) in [7, 11) is 0. The highest BCUT2D eigenvalue weighted by molar-refractivity contribution is 5.65. The Balaban J connectivity index is 2.34. The molecule has 2 aromatic rings. The van der Waals surface area contributed by atoms with Crippen molar-refractivity contribution >= 4 is 5.69 Å². The molecule has 0 fully saturated rings. The quantitative estimate of drug-likeness (QED) is 0.880. The van der Waals surface area contributed by atoms with E-state index in [9.17, 15) is 4.79 Å². The minimum atomic E-state index is -0.355. The Kier molecular flexibility index (Phi) is 3.99.